The Hall–Kier alpha value is -1.09. The first-order chi connectivity index (χ1) is 9.65. The number of carbonyl (C=O) groups excluding carboxylic acids is 1. The lowest BCUT2D eigenvalue weighted by Crippen LogP contribution is -2.38. The van der Waals surface area contributed by atoms with Gasteiger partial charge in [0.15, 0.2) is 0 Å². The molecule has 0 saturated heterocycles. The second-order valence-electron chi connectivity index (χ2n) is 5.35. The maximum atomic E-state index is 12.5. The summed E-state index contributed by atoms with van der Waals surface area (Å²) in [5.74, 6) is 0.0692. The number of rotatable bonds is 5. The highest BCUT2D eigenvalue weighted by atomic mass is 79.9. The summed E-state index contributed by atoms with van der Waals surface area (Å²) in [6.07, 6.45) is 2.91. The Balaban J connectivity index is 2.30. The number of hydrogen-bond acceptors (Lipinski definition) is 2. The minimum atomic E-state index is -0.455. The third-order valence-corrected chi connectivity index (χ3v) is 5.27. The number of esters is 1. The second kappa shape index (κ2) is 6.57. The van der Waals surface area contributed by atoms with Gasteiger partial charge in [-0.25, -0.2) is 0 Å². The number of carbonyl (C=O) groups is 1. The molecule has 0 bridgehead atoms. The minimum absolute atomic E-state index is 0.0866. The maximum absolute atomic E-state index is 12.5. The van der Waals surface area contributed by atoms with E-state index in [4.69, 9.17) is 4.74 Å². The van der Waals surface area contributed by atoms with Crippen LogP contribution >= 0.6 is 15.9 Å². The van der Waals surface area contributed by atoms with Gasteiger partial charge in [-0.15, -0.1) is 0 Å². The van der Waals surface area contributed by atoms with Crippen LogP contribution in [0.4, 0.5) is 0 Å². The third-order valence-electron chi connectivity index (χ3n) is 4.27. The van der Waals surface area contributed by atoms with Gasteiger partial charge in [0.2, 0.25) is 0 Å². The van der Waals surface area contributed by atoms with Gasteiger partial charge in [0, 0.05) is 11.2 Å². The molecule has 20 heavy (non-hydrogen) atoms. The lowest BCUT2D eigenvalue weighted by atomic mass is 9.74. The molecule has 0 aromatic heterocycles. The van der Waals surface area contributed by atoms with Gasteiger partial charge in [0.1, 0.15) is 0 Å². The molecular weight excluding hydrogens is 316 g/mol. The topological polar surface area (TPSA) is 26.3 Å². The molecule has 3 heteroatoms. The van der Waals surface area contributed by atoms with Gasteiger partial charge in [-0.1, -0.05) is 59.3 Å². The van der Waals surface area contributed by atoms with Gasteiger partial charge >= 0.3 is 5.97 Å². The number of halogens is 1. The smallest absolute Gasteiger partial charge is 0.313 e. The van der Waals surface area contributed by atoms with Gasteiger partial charge < -0.3 is 4.74 Å². The van der Waals surface area contributed by atoms with E-state index in [1.54, 1.807) is 0 Å². The normalized spacial score (nSPS) is 25.4. The van der Waals surface area contributed by atoms with Crippen LogP contribution in [0.15, 0.2) is 36.9 Å². The van der Waals surface area contributed by atoms with Crippen LogP contribution in [-0.2, 0) is 9.53 Å². The maximum Gasteiger partial charge on any atom is 0.313 e. The van der Waals surface area contributed by atoms with E-state index >= 15 is 0 Å². The highest BCUT2D eigenvalue weighted by molar-refractivity contribution is 9.09. The Morgan fingerprint density at radius 3 is 2.75 bits per heavy atom. The van der Waals surface area contributed by atoms with Crippen LogP contribution in [0.1, 0.15) is 31.7 Å². The van der Waals surface area contributed by atoms with Crippen molar-refractivity contribution in [3.63, 3.8) is 0 Å². The number of ether oxygens (including phenoxy) is 1. The monoisotopic (exact) mass is 336 g/mol. The van der Waals surface area contributed by atoms with Crippen molar-refractivity contribution in [3.8, 4) is 0 Å². The summed E-state index contributed by atoms with van der Waals surface area (Å²) in [6.45, 7) is 6.55. The highest BCUT2D eigenvalue weighted by Crippen LogP contribution is 2.51. The summed E-state index contributed by atoms with van der Waals surface area (Å²) >= 11 is 3.54. The van der Waals surface area contributed by atoms with E-state index in [0.717, 1.165) is 30.4 Å². The van der Waals surface area contributed by atoms with Crippen LogP contribution in [0.3, 0.4) is 0 Å². The molecule has 0 radical (unpaired) electrons. The molecule has 1 aromatic carbocycles. The van der Waals surface area contributed by atoms with Gasteiger partial charge in [0.25, 0.3) is 0 Å². The van der Waals surface area contributed by atoms with Crippen LogP contribution < -0.4 is 0 Å². The van der Waals surface area contributed by atoms with Crippen LogP contribution in [0, 0.1) is 11.3 Å². The molecule has 1 aliphatic rings. The predicted octanol–water partition coefficient (Wildman–Crippen LogP) is 4.44. The van der Waals surface area contributed by atoms with Crippen molar-refractivity contribution >= 4 is 27.5 Å². The van der Waals surface area contributed by atoms with Gasteiger partial charge in [0.05, 0.1) is 12.0 Å². The molecule has 2 atom stereocenters. The van der Waals surface area contributed by atoms with Crippen molar-refractivity contribution in [2.24, 2.45) is 11.3 Å². The van der Waals surface area contributed by atoms with Crippen molar-refractivity contribution in [3.05, 3.63) is 42.5 Å². The summed E-state index contributed by atoms with van der Waals surface area (Å²) in [5.41, 5.74) is 1.72. The Kier molecular flexibility index (Phi) is 5.03. The Morgan fingerprint density at radius 2 is 2.15 bits per heavy atom. The largest absolute Gasteiger partial charge is 0.466 e. The van der Waals surface area contributed by atoms with Crippen LogP contribution in [0.2, 0.25) is 0 Å². The summed E-state index contributed by atoms with van der Waals surface area (Å²) in [4.78, 5) is 12.5. The molecule has 1 aliphatic carbocycles. The van der Waals surface area contributed by atoms with E-state index in [9.17, 15) is 4.79 Å². The lowest BCUT2D eigenvalue weighted by molar-refractivity contribution is -0.155. The molecule has 0 spiro atoms. The summed E-state index contributed by atoms with van der Waals surface area (Å²) < 4.78 is 5.33. The predicted molar refractivity (Wildman–Crippen MR) is 85.7 cm³/mol. The lowest BCUT2D eigenvalue weighted by Gasteiger charge is -2.32. The molecule has 0 heterocycles. The van der Waals surface area contributed by atoms with Gasteiger partial charge in [-0.3, -0.25) is 4.79 Å². The summed E-state index contributed by atoms with van der Waals surface area (Å²) in [5, 5.41) is 0.634. The molecule has 0 aliphatic heterocycles. The Labute approximate surface area is 129 Å². The van der Waals surface area contributed by atoms with E-state index in [-0.39, 0.29) is 11.9 Å². The number of alkyl halides is 1. The van der Waals surface area contributed by atoms with E-state index in [1.807, 2.05) is 25.1 Å². The molecule has 108 valence electrons. The zero-order valence-corrected chi connectivity index (χ0v) is 13.5. The third kappa shape index (κ3) is 2.69. The Morgan fingerprint density at radius 1 is 1.45 bits per heavy atom. The molecule has 1 saturated carbocycles. The summed E-state index contributed by atoms with van der Waals surface area (Å²) in [7, 11) is 0. The first-order valence-corrected chi connectivity index (χ1v) is 8.25. The molecule has 2 unspecified atom stereocenters. The zero-order valence-electron chi connectivity index (χ0n) is 11.9. The van der Waals surface area contributed by atoms with Crippen molar-refractivity contribution in [1.82, 2.24) is 0 Å². The molecule has 1 aromatic rings. The van der Waals surface area contributed by atoms with Gasteiger partial charge in [-0.2, -0.15) is 0 Å². The van der Waals surface area contributed by atoms with Crippen LogP contribution in [-0.4, -0.2) is 17.9 Å². The zero-order chi connectivity index (χ0) is 14.6. The quantitative estimate of drug-likeness (QED) is 0.586. The molecule has 0 amide bonds. The van der Waals surface area contributed by atoms with Crippen molar-refractivity contribution in [1.29, 1.82) is 0 Å². The van der Waals surface area contributed by atoms with Crippen LogP contribution in [0.5, 0.6) is 0 Å². The number of allylic oxidation sites excluding steroid dienone is 1. The fraction of sp³-hybridized carbons (Fsp3) is 0.471. The van der Waals surface area contributed by atoms with E-state index in [2.05, 4.69) is 34.6 Å². The summed E-state index contributed by atoms with van der Waals surface area (Å²) in [6, 6.07) is 10.1. The second-order valence-corrected chi connectivity index (χ2v) is 5.91. The van der Waals surface area contributed by atoms with E-state index in [0.29, 0.717) is 11.9 Å². The Bertz CT molecular complexity index is 483. The fourth-order valence-electron chi connectivity index (χ4n) is 3.17. The first-order valence-electron chi connectivity index (χ1n) is 7.13. The molecule has 1 fully saturated rings. The first kappa shape index (κ1) is 15.3. The molecular formula is C17H21BrO2. The van der Waals surface area contributed by atoms with Crippen molar-refractivity contribution in [2.45, 2.75) is 26.2 Å². The highest BCUT2D eigenvalue weighted by Gasteiger charge is 2.50. The number of benzene rings is 1. The number of hydrogen-bond donors (Lipinski definition) is 0. The average molecular weight is 337 g/mol. The standard InChI is InChI=1S/C17H21BrO2/c1-3-20-16(19)17(12-18)11-7-10-15(17)13(2)14-8-5-4-6-9-14/h4-6,8-9,15H,2-3,7,10-12H2,1H3. The van der Waals surface area contributed by atoms with Gasteiger partial charge in [-0.05, 0) is 30.9 Å². The minimum Gasteiger partial charge on any atom is -0.466 e. The van der Waals surface area contributed by atoms with Crippen molar-refractivity contribution in [2.75, 3.05) is 11.9 Å². The molecule has 2 nitrogen and oxygen atoms in total. The average Bonchev–Trinajstić information content (AvgIpc) is 2.92. The molecule has 0 N–H and O–H groups in total. The molecule has 2 rings (SSSR count). The van der Waals surface area contributed by atoms with E-state index in [1.165, 1.54) is 0 Å². The van der Waals surface area contributed by atoms with E-state index < -0.39 is 5.41 Å². The SMILES string of the molecule is C=C(c1ccccc1)C1CCCC1(CBr)C(=O)OCC. The van der Waals surface area contributed by atoms with Crippen LogP contribution in [0.25, 0.3) is 5.57 Å². The fourth-order valence-corrected chi connectivity index (χ4v) is 4.07. The van der Waals surface area contributed by atoms with Crippen molar-refractivity contribution < 1.29 is 9.53 Å².